The maximum atomic E-state index is 5.96. The van der Waals surface area contributed by atoms with Gasteiger partial charge in [-0.25, -0.2) is 0 Å². The Bertz CT molecular complexity index is 507. The van der Waals surface area contributed by atoms with Crippen molar-refractivity contribution in [2.24, 2.45) is 5.73 Å². The molecule has 0 amide bonds. The first-order valence-corrected chi connectivity index (χ1v) is 7.15. The van der Waals surface area contributed by atoms with E-state index in [9.17, 15) is 0 Å². The third-order valence-electron chi connectivity index (χ3n) is 4.25. The van der Waals surface area contributed by atoms with Gasteiger partial charge in [-0.3, -0.25) is 4.90 Å². The Morgan fingerprint density at radius 3 is 2.68 bits per heavy atom. The summed E-state index contributed by atoms with van der Waals surface area (Å²) in [6, 6.07) is 11.4. The van der Waals surface area contributed by atoms with Crippen molar-refractivity contribution in [1.82, 2.24) is 4.90 Å². The Morgan fingerprint density at radius 1 is 1.21 bits per heavy atom. The molecule has 1 fully saturated rings. The fourth-order valence-electron chi connectivity index (χ4n) is 3.03. The molecule has 0 aliphatic heterocycles. The van der Waals surface area contributed by atoms with Crippen LogP contribution < -0.4 is 5.73 Å². The summed E-state index contributed by atoms with van der Waals surface area (Å²) in [5.41, 5.74) is 6.95. The number of furan rings is 1. The topological polar surface area (TPSA) is 42.4 Å². The molecule has 19 heavy (non-hydrogen) atoms. The molecule has 3 nitrogen and oxygen atoms in total. The Hall–Kier alpha value is -1.32. The summed E-state index contributed by atoms with van der Waals surface area (Å²) in [7, 11) is 2.19. The first-order valence-electron chi connectivity index (χ1n) is 7.15. The van der Waals surface area contributed by atoms with Crippen molar-refractivity contribution in [2.45, 2.75) is 44.3 Å². The summed E-state index contributed by atoms with van der Waals surface area (Å²) >= 11 is 0. The van der Waals surface area contributed by atoms with Crippen LogP contribution in [0.15, 0.2) is 34.7 Å². The predicted molar refractivity (Wildman–Crippen MR) is 77.9 cm³/mol. The number of hydrogen-bond donors (Lipinski definition) is 1. The van der Waals surface area contributed by atoms with Gasteiger partial charge in [-0.15, -0.1) is 0 Å². The van der Waals surface area contributed by atoms with Crippen LogP contribution in [-0.4, -0.2) is 24.0 Å². The lowest BCUT2D eigenvalue weighted by molar-refractivity contribution is 0.167. The molecule has 3 rings (SSSR count). The number of para-hydroxylation sites is 1. The van der Waals surface area contributed by atoms with Gasteiger partial charge in [0.25, 0.3) is 0 Å². The summed E-state index contributed by atoms with van der Waals surface area (Å²) < 4.78 is 5.88. The molecule has 1 heterocycles. The first-order chi connectivity index (χ1) is 9.22. The van der Waals surface area contributed by atoms with E-state index in [0.717, 1.165) is 30.7 Å². The summed E-state index contributed by atoms with van der Waals surface area (Å²) in [6.45, 7) is 0.884. The number of hydrogen-bond acceptors (Lipinski definition) is 3. The van der Waals surface area contributed by atoms with Crippen LogP contribution in [0.5, 0.6) is 0 Å². The van der Waals surface area contributed by atoms with E-state index in [2.05, 4.69) is 24.1 Å². The van der Waals surface area contributed by atoms with Gasteiger partial charge >= 0.3 is 0 Å². The largest absolute Gasteiger partial charge is 0.460 e. The molecule has 2 aromatic rings. The van der Waals surface area contributed by atoms with Gasteiger partial charge in [-0.05, 0) is 44.9 Å². The molecule has 2 N–H and O–H groups in total. The van der Waals surface area contributed by atoms with Gasteiger partial charge in [-0.2, -0.15) is 0 Å². The fourth-order valence-corrected chi connectivity index (χ4v) is 3.03. The number of nitrogens with two attached hydrogens (primary N) is 1. The lowest BCUT2D eigenvalue weighted by Gasteiger charge is -2.32. The molecular weight excluding hydrogens is 236 g/mol. The third-order valence-corrected chi connectivity index (χ3v) is 4.25. The van der Waals surface area contributed by atoms with Crippen LogP contribution in [0.2, 0.25) is 0 Å². The third kappa shape index (κ3) is 2.82. The maximum absolute atomic E-state index is 5.96. The van der Waals surface area contributed by atoms with E-state index < -0.39 is 0 Å². The zero-order valence-corrected chi connectivity index (χ0v) is 11.5. The van der Waals surface area contributed by atoms with Crippen LogP contribution in [0.1, 0.15) is 31.4 Å². The summed E-state index contributed by atoms with van der Waals surface area (Å²) in [4.78, 5) is 2.41. The Kier molecular flexibility index (Phi) is 3.58. The normalized spacial score (nSPS) is 24.2. The van der Waals surface area contributed by atoms with Gasteiger partial charge in [0.2, 0.25) is 0 Å². The average Bonchev–Trinajstić information content (AvgIpc) is 2.81. The van der Waals surface area contributed by atoms with Gasteiger partial charge in [0.1, 0.15) is 11.3 Å². The Labute approximate surface area is 114 Å². The molecule has 1 aromatic carbocycles. The monoisotopic (exact) mass is 258 g/mol. The lowest BCUT2D eigenvalue weighted by Crippen LogP contribution is -2.38. The number of rotatable bonds is 3. The number of nitrogens with zero attached hydrogens (tertiary/aromatic N) is 1. The molecule has 0 unspecified atom stereocenters. The van der Waals surface area contributed by atoms with Crippen LogP contribution in [0.25, 0.3) is 11.0 Å². The van der Waals surface area contributed by atoms with Crippen molar-refractivity contribution >= 4 is 11.0 Å². The predicted octanol–water partition coefficient (Wildman–Crippen LogP) is 3.13. The van der Waals surface area contributed by atoms with Gasteiger partial charge in [0.15, 0.2) is 0 Å². The van der Waals surface area contributed by atoms with Crippen molar-refractivity contribution in [2.75, 3.05) is 7.05 Å². The second-order valence-corrected chi connectivity index (χ2v) is 5.73. The quantitative estimate of drug-likeness (QED) is 0.919. The average molecular weight is 258 g/mol. The molecule has 3 heteroatoms. The SMILES string of the molecule is CN(Cc1cc2ccccc2o1)C1CCC(N)CC1. The summed E-state index contributed by atoms with van der Waals surface area (Å²) in [5.74, 6) is 1.05. The van der Waals surface area contributed by atoms with E-state index in [0.29, 0.717) is 12.1 Å². The van der Waals surface area contributed by atoms with E-state index in [1.54, 1.807) is 0 Å². The number of benzene rings is 1. The highest BCUT2D eigenvalue weighted by Gasteiger charge is 2.22. The second kappa shape index (κ2) is 5.35. The second-order valence-electron chi connectivity index (χ2n) is 5.73. The molecule has 0 spiro atoms. The van der Waals surface area contributed by atoms with E-state index in [-0.39, 0.29) is 0 Å². The minimum Gasteiger partial charge on any atom is -0.460 e. The maximum Gasteiger partial charge on any atom is 0.134 e. The molecule has 0 bridgehead atoms. The molecule has 0 saturated heterocycles. The molecule has 102 valence electrons. The highest BCUT2D eigenvalue weighted by Crippen LogP contribution is 2.24. The highest BCUT2D eigenvalue weighted by molar-refractivity contribution is 5.77. The minimum absolute atomic E-state index is 0.413. The zero-order valence-electron chi connectivity index (χ0n) is 11.5. The van der Waals surface area contributed by atoms with E-state index in [1.807, 2.05) is 18.2 Å². The van der Waals surface area contributed by atoms with Crippen LogP contribution in [0.4, 0.5) is 0 Å². The van der Waals surface area contributed by atoms with Crippen molar-refractivity contribution < 1.29 is 4.42 Å². The first kappa shape index (κ1) is 12.7. The summed E-state index contributed by atoms with van der Waals surface area (Å²) in [5, 5.41) is 1.19. The van der Waals surface area contributed by atoms with Crippen LogP contribution in [0.3, 0.4) is 0 Å². The standard InChI is InChI=1S/C16H22N2O/c1-18(14-8-6-13(17)7-9-14)11-15-10-12-4-2-3-5-16(12)19-15/h2-5,10,13-14H,6-9,11,17H2,1H3. The van der Waals surface area contributed by atoms with E-state index >= 15 is 0 Å². The van der Waals surface area contributed by atoms with Crippen molar-refractivity contribution in [3.63, 3.8) is 0 Å². The molecule has 1 aliphatic rings. The fraction of sp³-hybridized carbons (Fsp3) is 0.500. The molecule has 1 aliphatic carbocycles. The van der Waals surface area contributed by atoms with Gasteiger partial charge < -0.3 is 10.2 Å². The molecule has 0 atom stereocenters. The van der Waals surface area contributed by atoms with Gasteiger partial charge in [0.05, 0.1) is 6.54 Å². The van der Waals surface area contributed by atoms with Crippen molar-refractivity contribution in [3.8, 4) is 0 Å². The van der Waals surface area contributed by atoms with E-state index in [1.165, 1.54) is 18.2 Å². The Morgan fingerprint density at radius 2 is 1.95 bits per heavy atom. The smallest absolute Gasteiger partial charge is 0.134 e. The lowest BCUT2D eigenvalue weighted by atomic mass is 9.91. The molecule has 1 saturated carbocycles. The molecule has 0 radical (unpaired) electrons. The van der Waals surface area contributed by atoms with E-state index in [4.69, 9.17) is 10.2 Å². The van der Waals surface area contributed by atoms with Crippen molar-refractivity contribution in [1.29, 1.82) is 0 Å². The zero-order chi connectivity index (χ0) is 13.2. The highest BCUT2D eigenvalue weighted by atomic mass is 16.3. The minimum atomic E-state index is 0.413. The summed E-state index contributed by atoms with van der Waals surface area (Å²) in [6.07, 6.45) is 4.71. The van der Waals surface area contributed by atoms with Crippen LogP contribution >= 0.6 is 0 Å². The molecular formula is C16H22N2O. The van der Waals surface area contributed by atoms with Crippen molar-refractivity contribution in [3.05, 3.63) is 36.1 Å². The Balaban J connectivity index is 1.67. The van der Waals surface area contributed by atoms with Crippen LogP contribution in [-0.2, 0) is 6.54 Å². The molecule has 1 aromatic heterocycles. The van der Waals surface area contributed by atoms with Crippen LogP contribution in [0, 0.1) is 0 Å². The van der Waals surface area contributed by atoms with Gasteiger partial charge in [0, 0.05) is 17.5 Å². The number of fused-ring (bicyclic) bond motifs is 1. The van der Waals surface area contributed by atoms with Gasteiger partial charge in [-0.1, -0.05) is 18.2 Å².